The summed E-state index contributed by atoms with van der Waals surface area (Å²) in [5.41, 5.74) is 6.47. The molecule has 0 saturated carbocycles. The first-order valence-corrected chi connectivity index (χ1v) is 8.80. The number of aromatic amines is 1. The van der Waals surface area contributed by atoms with Crippen LogP contribution < -0.4 is 4.74 Å². The van der Waals surface area contributed by atoms with Gasteiger partial charge in [0.05, 0.1) is 25.3 Å². The van der Waals surface area contributed by atoms with Crippen molar-refractivity contribution < 1.29 is 9.15 Å². The van der Waals surface area contributed by atoms with E-state index in [0.717, 1.165) is 44.8 Å². The highest BCUT2D eigenvalue weighted by molar-refractivity contribution is 5.92. The lowest BCUT2D eigenvalue weighted by atomic mass is 10.1. The molecule has 0 amide bonds. The Bertz CT molecular complexity index is 1220. The van der Waals surface area contributed by atoms with Crippen LogP contribution in [0.2, 0.25) is 0 Å². The number of fused-ring (bicyclic) bond motifs is 1. The molecule has 0 aliphatic carbocycles. The Balaban J connectivity index is 1.54. The number of hydrogen-bond acceptors (Lipinski definition) is 5. The van der Waals surface area contributed by atoms with Crippen LogP contribution in [0.3, 0.4) is 0 Å². The van der Waals surface area contributed by atoms with E-state index in [2.05, 4.69) is 19.9 Å². The molecule has 4 heterocycles. The first-order valence-electron chi connectivity index (χ1n) is 8.80. The summed E-state index contributed by atoms with van der Waals surface area (Å²) in [6.07, 6.45) is 7.02. The van der Waals surface area contributed by atoms with Crippen molar-refractivity contribution in [1.29, 1.82) is 0 Å². The maximum Gasteiger partial charge on any atom is 0.212 e. The molecule has 4 aromatic heterocycles. The highest BCUT2D eigenvalue weighted by Crippen LogP contribution is 2.34. The van der Waals surface area contributed by atoms with Gasteiger partial charge in [-0.1, -0.05) is 24.3 Å². The number of nitrogens with zero attached hydrogens (tertiary/aromatic N) is 3. The number of imidazole rings is 1. The minimum absolute atomic E-state index is 0.576. The van der Waals surface area contributed by atoms with E-state index >= 15 is 0 Å². The van der Waals surface area contributed by atoms with E-state index < -0.39 is 0 Å². The number of rotatable bonds is 4. The predicted octanol–water partition coefficient (Wildman–Crippen LogP) is 4.96. The lowest BCUT2D eigenvalue weighted by Gasteiger charge is -2.03. The summed E-state index contributed by atoms with van der Waals surface area (Å²) in [5.74, 6) is 1.35. The molecule has 5 rings (SSSR count). The minimum Gasteiger partial charge on any atom is -0.481 e. The lowest BCUT2D eigenvalue weighted by molar-refractivity contribution is 0.398. The summed E-state index contributed by atoms with van der Waals surface area (Å²) in [6.45, 7) is 0. The summed E-state index contributed by atoms with van der Waals surface area (Å²) < 4.78 is 11.3. The summed E-state index contributed by atoms with van der Waals surface area (Å²) >= 11 is 0. The lowest BCUT2D eigenvalue weighted by Crippen LogP contribution is -1.87. The van der Waals surface area contributed by atoms with Crippen molar-refractivity contribution in [2.75, 3.05) is 7.11 Å². The van der Waals surface area contributed by atoms with Crippen LogP contribution in [0.5, 0.6) is 5.88 Å². The third kappa shape index (κ3) is 2.81. The molecule has 1 aromatic carbocycles. The van der Waals surface area contributed by atoms with Gasteiger partial charge in [0, 0.05) is 41.2 Å². The normalized spacial score (nSPS) is 11.0. The molecule has 28 heavy (non-hydrogen) atoms. The van der Waals surface area contributed by atoms with Crippen molar-refractivity contribution in [2.45, 2.75) is 0 Å². The van der Waals surface area contributed by atoms with Gasteiger partial charge in [-0.3, -0.25) is 4.98 Å². The molecule has 0 radical (unpaired) electrons. The van der Waals surface area contributed by atoms with Gasteiger partial charge in [0.15, 0.2) is 5.58 Å². The van der Waals surface area contributed by atoms with Gasteiger partial charge in [-0.2, -0.15) is 0 Å². The van der Waals surface area contributed by atoms with Gasteiger partial charge < -0.3 is 14.1 Å². The highest BCUT2D eigenvalue weighted by Gasteiger charge is 2.13. The molecule has 0 spiro atoms. The van der Waals surface area contributed by atoms with Crippen molar-refractivity contribution >= 4 is 11.1 Å². The van der Waals surface area contributed by atoms with Gasteiger partial charge in [-0.15, -0.1) is 0 Å². The molecule has 1 N–H and O–H groups in total. The summed E-state index contributed by atoms with van der Waals surface area (Å²) in [7, 11) is 1.60. The molecular weight excluding hydrogens is 352 g/mol. The molecule has 0 fully saturated rings. The fraction of sp³-hybridized carbons (Fsp3) is 0.0455. The zero-order chi connectivity index (χ0) is 18.9. The van der Waals surface area contributed by atoms with Gasteiger partial charge in [0.2, 0.25) is 5.88 Å². The predicted molar refractivity (Wildman–Crippen MR) is 107 cm³/mol. The summed E-state index contributed by atoms with van der Waals surface area (Å²) in [4.78, 5) is 15.9. The van der Waals surface area contributed by atoms with Crippen LogP contribution in [0.15, 0.2) is 77.9 Å². The fourth-order valence-electron chi connectivity index (χ4n) is 3.20. The Morgan fingerprint density at radius 3 is 2.43 bits per heavy atom. The van der Waals surface area contributed by atoms with Crippen LogP contribution >= 0.6 is 0 Å². The first-order chi connectivity index (χ1) is 13.8. The van der Waals surface area contributed by atoms with Crippen molar-refractivity contribution in [3.63, 3.8) is 0 Å². The number of ether oxygens (including phenoxy) is 1. The molecule has 6 nitrogen and oxygen atoms in total. The second-order valence-electron chi connectivity index (χ2n) is 6.32. The van der Waals surface area contributed by atoms with Crippen LogP contribution in [0.1, 0.15) is 0 Å². The molecule has 0 unspecified atom stereocenters. The van der Waals surface area contributed by atoms with Gasteiger partial charge >= 0.3 is 0 Å². The van der Waals surface area contributed by atoms with E-state index in [1.54, 1.807) is 32.0 Å². The zero-order valence-electron chi connectivity index (χ0n) is 15.1. The topological polar surface area (TPSA) is 76.8 Å². The van der Waals surface area contributed by atoms with Crippen LogP contribution in [0.25, 0.3) is 44.8 Å². The number of aromatic nitrogens is 4. The Hall–Kier alpha value is -3.93. The van der Waals surface area contributed by atoms with Crippen molar-refractivity contribution in [2.24, 2.45) is 0 Å². The maximum atomic E-state index is 6.19. The molecule has 0 aliphatic heterocycles. The van der Waals surface area contributed by atoms with Gasteiger partial charge in [0.25, 0.3) is 0 Å². The molecule has 0 bridgehead atoms. The molecule has 5 aromatic rings. The van der Waals surface area contributed by atoms with Gasteiger partial charge in [-0.25, -0.2) is 9.97 Å². The molecule has 6 heteroatoms. The third-order valence-corrected chi connectivity index (χ3v) is 4.65. The number of furan rings is 1. The molecule has 0 atom stereocenters. The van der Waals surface area contributed by atoms with Crippen LogP contribution in [0.4, 0.5) is 0 Å². The second kappa shape index (κ2) is 6.66. The number of H-pyrrole nitrogens is 1. The quantitative estimate of drug-likeness (QED) is 0.485. The van der Waals surface area contributed by atoms with E-state index in [4.69, 9.17) is 9.15 Å². The SMILES string of the molecule is COc1ccc(-c2ccnc3cc(-c4ccc(-c5cnc[nH]5)cc4)oc23)cn1. The Labute approximate surface area is 160 Å². The molecule has 136 valence electrons. The van der Waals surface area contributed by atoms with Crippen LogP contribution in [-0.2, 0) is 0 Å². The smallest absolute Gasteiger partial charge is 0.212 e. The number of benzene rings is 1. The van der Waals surface area contributed by atoms with E-state index in [1.807, 2.05) is 48.5 Å². The number of hydrogen-bond donors (Lipinski definition) is 1. The first kappa shape index (κ1) is 16.3. The number of nitrogens with one attached hydrogen (secondary N) is 1. The molecule has 0 aliphatic rings. The van der Waals surface area contributed by atoms with E-state index in [1.165, 1.54) is 0 Å². The third-order valence-electron chi connectivity index (χ3n) is 4.65. The second-order valence-corrected chi connectivity index (χ2v) is 6.32. The number of pyridine rings is 2. The van der Waals surface area contributed by atoms with E-state index in [-0.39, 0.29) is 0 Å². The van der Waals surface area contributed by atoms with Crippen molar-refractivity contribution in [1.82, 2.24) is 19.9 Å². The highest BCUT2D eigenvalue weighted by atomic mass is 16.5. The Kier molecular flexibility index (Phi) is 3.87. The number of methoxy groups -OCH3 is 1. The van der Waals surface area contributed by atoms with Crippen molar-refractivity contribution in [3.05, 3.63) is 73.4 Å². The average Bonchev–Trinajstić information content (AvgIpc) is 3.44. The molecule has 0 saturated heterocycles. The fourth-order valence-corrected chi connectivity index (χ4v) is 3.20. The Morgan fingerprint density at radius 2 is 1.71 bits per heavy atom. The van der Waals surface area contributed by atoms with Gasteiger partial charge in [0.1, 0.15) is 11.3 Å². The molecular formula is C22H16N4O2. The van der Waals surface area contributed by atoms with Gasteiger partial charge in [-0.05, 0) is 17.7 Å². The van der Waals surface area contributed by atoms with E-state index in [9.17, 15) is 0 Å². The average molecular weight is 368 g/mol. The zero-order valence-corrected chi connectivity index (χ0v) is 15.1. The van der Waals surface area contributed by atoms with Crippen molar-refractivity contribution in [3.8, 4) is 39.6 Å². The minimum atomic E-state index is 0.576. The van der Waals surface area contributed by atoms with Crippen LogP contribution in [-0.4, -0.2) is 27.0 Å². The standard InChI is InChI=1S/C22H16N4O2/c1-27-21-7-6-16(11-25-21)17-8-9-24-18-10-20(28-22(17)18)15-4-2-14(3-5-15)19-12-23-13-26-19/h2-13H,1H3,(H,23,26). The summed E-state index contributed by atoms with van der Waals surface area (Å²) in [5, 5.41) is 0. The largest absolute Gasteiger partial charge is 0.481 e. The summed E-state index contributed by atoms with van der Waals surface area (Å²) in [6, 6.07) is 15.8. The monoisotopic (exact) mass is 368 g/mol. The maximum absolute atomic E-state index is 6.19. The van der Waals surface area contributed by atoms with Crippen LogP contribution in [0, 0.1) is 0 Å². The van der Waals surface area contributed by atoms with E-state index in [0.29, 0.717) is 5.88 Å². The Morgan fingerprint density at radius 1 is 0.893 bits per heavy atom.